The fraction of sp³-hybridized carbons (Fsp3) is 0.923. The van der Waals surface area contributed by atoms with Crippen molar-refractivity contribution in [3.05, 3.63) is 0 Å². The molecule has 4 nitrogen and oxygen atoms in total. The molecule has 17 heavy (non-hydrogen) atoms. The molecule has 0 aliphatic heterocycles. The Bertz CT molecular complexity index is 225. The minimum atomic E-state index is -0.0309. The molecule has 4 heteroatoms. The standard InChI is InChI=1S/C13H27N3O/c1-3-13(4-2,9-14)10-15-12(17)16-11-7-5-6-8-11/h11H,3-10,14H2,1-2H3,(H2,15,16,17). The van der Waals surface area contributed by atoms with Crippen LogP contribution in [0.3, 0.4) is 0 Å². The van der Waals surface area contributed by atoms with Gasteiger partial charge in [0.15, 0.2) is 0 Å². The van der Waals surface area contributed by atoms with E-state index in [0.717, 1.165) is 25.7 Å². The highest BCUT2D eigenvalue weighted by Gasteiger charge is 2.25. The highest BCUT2D eigenvalue weighted by atomic mass is 16.2. The van der Waals surface area contributed by atoms with Gasteiger partial charge in [0.2, 0.25) is 0 Å². The average Bonchev–Trinajstić information content (AvgIpc) is 2.84. The lowest BCUT2D eigenvalue weighted by Crippen LogP contribution is -2.47. The number of rotatable bonds is 6. The van der Waals surface area contributed by atoms with Crippen LogP contribution >= 0.6 is 0 Å². The molecule has 4 N–H and O–H groups in total. The van der Waals surface area contributed by atoms with Gasteiger partial charge in [0.1, 0.15) is 0 Å². The highest BCUT2D eigenvalue weighted by Crippen LogP contribution is 2.23. The van der Waals surface area contributed by atoms with Crippen molar-refractivity contribution in [3.63, 3.8) is 0 Å². The molecule has 2 amide bonds. The van der Waals surface area contributed by atoms with Crippen molar-refractivity contribution in [3.8, 4) is 0 Å². The van der Waals surface area contributed by atoms with E-state index >= 15 is 0 Å². The number of urea groups is 1. The first-order valence-corrected chi connectivity index (χ1v) is 6.90. The molecule has 0 bridgehead atoms. The molecule has 0 heterocycles. The van der Waals surface area contributed by atoms with Gasteiger partial charge >= 0.3 is 6.03 Å². The van der Waals surface area contributed by atoms with Crippen molar-refractivity contribution < 1.29 is 4.79 Å². The summed E-state index contributed by atoms with van der Waals surface area (Å²) in [5.41, 5.74) is 5.87. The molecule has 1 saturated carbocycles. The van der Waals surface area contributed by atoms with Gasteiger partial charge in [-0.05, 0) is 37.6 Å². The molecule has 0 aromatic rings. The Morgan fingerprint density at radius 3 is 2.35 bits per heavy atom. The van der Waals surface area contributed by atoms with Crippen LogP contribution in [-0.2, 0) is 0 Å². The van der Waals surface area contributed by atoms with E-state index in [1.165, 1.54) is 12.8 Å². The lowest BCUT2D eigenvalue weighted by atomic mass is 9.82. The van der Waals surface area contributed by atoms with E-state index in [9.17, 15) is 4.79 Å². The molecule has 1 rings (SSSR count). The van der Waals surface area contributed by atoms with E-state index in [-0.39, 0.29) is 11.4 Å². The number of nitrogens with two attached hydrogens (primary N) is 1. The molecule has 1 aliphatic carbocycles. The fourth-order valence-electron chi connectivity index (χ4n) is 2.44. The van der Waals surface area contributed by atoms with Gasteiger partial charge in [-0.2, -0.15) is 0 Å². The molecule has 0 aromatic heterocycles. The molecule has 0 radical (unpaired) electrons. The van der Waals surface area contributed by atoms with Gasteiger partial charge in [-0.1, -0.05) is 26.7 Å². The third kappa shape index (κ3) is 4.19. The normalized spacial score (nSPS) is 17.1. The number of hydrogen-bond acceptors (Lipinski definition) is 2. The third-order valence-electron chi connectivity index (χ3n) is 4.25. The van der Waals surface area contributed by atoms with Crippen LogP contribution in [0, 0.1) is 5.41 Å². The Balaban J connectivity index is 2.30. The summed E-state index contributed by atoms with van der Waals surface area (Å²) in [4.78, 5) is 11.7. The Labute approximate surface area is 105 Å². The first-order chi connectivity index (χ1) is 8.15. The van der Waals surface area contributed by atoms with Crippen LogP contribution in [0.25, 0.3) is 0 Å². The summed E-state index contributed by atoms with van der Waals surface area (Å²) in [6.45, 7) is 5.57. The summed E-state index contributed by atoms with van der Waals surface area (Å²) >= 11 is 0. The van der Waals surface area contributed by atoms with E-state index in [4.69, 9.17) is 5.73 Å². The minimum absolute atomic E-state index is 0.0309. The summed E-state index contributed by atoms with van der Waals surface area (Å²) in [7, 11) is 0. The van der Waals surface area contributed by atoms with Gasteiger partial charge in [0.25, 0.3) is 0 Å². The zero-order valence-electron chi connectivity index (χ0n) is 11.2. The fourth-order valence-corrected chi connectivity index (χ4v) is 2.44. The maximum Gasteiger partial charge on any atom is 0.315 e. The van der Waals surface area contributed by atoms with Crippen LogP contribution in [0.2, 0.25) is 0 Å². The summed E-state index contributed by atoms with van der Waals surface area (Å²) < 4.78 is 0. The zero-order valence-corrected chi connectivity index (χ0v) is 11.2. The molecule has 1 aliphatic rings. The van der Waals surface area contributed by atoms with Crippen LogP contribution in [-0.4, -0.2) is 25.2 Å². The summed E-state index contributed by atoms with van der Waals surface area (Å²) in [6, 6.07) is 0.349. The number of hydrogen-bond donors (Lipinski definition) is 3. The second-order valence-corrected chi connectivity index (χ2v) is 5.22. The molecule has 0 spiro atoms. The van der Waals surface area contributed by atoms with Gasteiger partial charge in [-0.25, -0.2) is 4.79 Å². The molecule has 0 aromatic carbocycles. The Hall–Kier alpha value is -0.770. The summed E-state index contributed by atoms with van der Waals surface area (Å²) in [6.07, 6.45) is 6.73. The number of nitrogens with one attached hydrogen (secondary N) is 2. The Kier molecular flexibility index (Phi) is 5.75. The Morgan fingerprint density at radius 2 is 1.88 bits per heavy atom. The van der Waals surface area contributed by atoms with Crippen molar-refractivity contribution in [2.75, 3.05) is 13.1 Å². The lowest BCUT2D eigenvalue weighted by molar-refractivity contribution is 0.219. The smallest absolute Gasteiger partial charge is 0.315 e. The van der Waals surface area contributed by atoms with Gasteiger partial charge in [-0.3, -0.25) is 0 Å². The molecule has 100 valence electrons. The number of carbonyl (C=O) groups excluding carboxylic acids is 1. The molecule has 1 fully saturated rings. The highest BCUT2D eigenvalue weighted by molar-refractivity contribution is 5.74. The predicted molar refractivity (Wildman–Crippen MR) is 70.9 cm³/mol. The topological polar surface area (TPSA) is 67.1 Å². The maximum absolute atomic E-state index is 11.7. The predicted octanol–water partition coefficient (Wildman–Crippen LogP) is 1.99. The largest absolute Gasteiger partial charge is 0.338 e. The minimum Gasteiger partial charge on any atom is -0.338 e. The quantitative estimate of drug-likeness (QED) is 0.666. The van der Waals surface area contributed by atoms with E-state index < -0.39 is 0 Å². The summed E-state index contributed by atoms with van der Waals surface area (Å²) in [5, 5.41) is 6.01. The van der Waals surface area contributed by atoms with Crippen LogP contribution in [0.1, 0.15) is 52.4 Å². The van der Waals surface area contributed by atoms with E-state index in [0.29, 0.717) is 19.1 Å². The zero-order chi connectivity index (χ0) is 12.7. The van der Waals surface area contributed by atoms with E-state index in [1.54, 1.807) is 0 Å². The van der Waals surface area contributed by atoms with E-state index in [1.807, 2.05) is 0 Å². The number of carbonyl (C=O) groups is 1. The molecule has 0 atom stereocenters. The lowest BCUT2D eigenvalue weighted by Gasteiger charge is -2.30. The molecule has 0 saturated heterocycles. The third-order valence-corrected chi connectivity index (χ3v) is 4.25. The molecule has 0 unspecified atom stereocenters. The van der Waals surface area contributed by atoms with Gasteiger partial charge in [0, 0.05) is 12.6 Å². The van der Waals surface area contributed by atoms with Crippen molar-refractivity contribution >= 4 is 6.03 Å². The monoisotopic (exact) mass is 241 g/mol. The average molecular weight is 241 g/mol. The van der Waals surface area contributed by atoms with Gasteiger partial charge < -0.3 is 16.4 Å². The first kappa shape index (κ1) is 14.3. The van der Waals surface area contributed by atoms with Crippen LogP contribution in [0.5, 0.6) is 0 Å². The second kappa shape index (κ2) is 6.84. The maximum atomic E-state index is 11.7. The van der Waals surface area contributed by atoms with Crippen molar-refractivity contribution in [2.45, 2.75) is 58.4 Å². The molecular formula is C13H27N3O. The Morgan fingerprint density at radius 1 is 1.29 bits per heavy atom. The van der Waals surface area contributed by atoms with Crippen LogP contribution < -0.4 is 16.4 Å². The van der Waals surface area contributed by atoms with E-state index in [2.05, 4.69) is 24.5 Å². The van der Waals surface area contributed by atoms with Crippen LogP contribution in [0.15, 0.2) is 0 Å². The summed E-state index contributed by atoms with van der Waals surface area (Å²) in [5.74, 6) is 0. The SMILES string of the molecule is CCC(CC)(CN)CNC(=O)NC1CCCC1. The van der Waals surface area contributed by atoms with Gasteiger partial charge in [0.05, 0.1) is 0 Å². The first-order valence-electron chi connectivity index (χ1n) is 6.90. The number of amides is 2. The van der Waals surface area contributed by atoms with Crippen molar-refractivity contribution in [1.82, 2.24) is 10.6 Å². The van der Waals surface area contributed by atoms with Gasteiger partial charge in [-0.15, -0.1) is 0 Å². The van der Waals surface area contributed by atoms with Crippen LogP contribution in [0.4, 0.5) is 4.79 Å². The molecular weight excluding hydrogens is 214 g/mol. The van der Waals surface area contributed by atoms with Crippen molar-refractivity contribution in [2.24, 2.45) is 11.1 Å². The second-order valence-electron chi connectivity index (χ2n) is 5.22. The van der Waals surface area contributed by atoms with Crippen molar-refractivity contribution in [1.29, 1.82) is 0 Å².